The van der Waals surface area contributed by atoms with Crippen molar-refractivity contribution in [3.63, 3.8) is 0 Å². The zero-order valence-corrected chi connectivity index (χ0v) is 10.4. The fourth-order valence-electron chi connectivity index (χ4n) is 1.32. The van der Waals surface area contributed by atoms with Crippen LogP contribution in [-0.4, -0.2) is 30.6 Å². The zero-order valence-electron chi connectivity index (χ0n) is 10.4. The molecule has 17 heavy (non-hydrogen) atoms. The smallest absolute Gasteiger partial charge is 0.166 e. The molecule has 4 heteroatoms. The summed E-state index contributed by atoms with van der Waals surface area (Å²) < 4.78 is 10.6. The Hall–Kier alpha value is -1.42. The van der Waals surface area contributed by atoms with Crippen molar-refractivity contribution in [2.75, 3.05) is 19.8 Å². The second-order valence-corrected chi connectivity index (χ2v) is 3.63. The van der Waals surface area contributed by atoms with Gasteiger partial charge in [-0.2, -0.15) is 0 Å². The van der Waals surface area contributed by atoms with Gasteiger partial charge >= 0.3 is 0 Å². The van der Waals surface area contributed by atoms with Crippen molar-refractivity contribution in [1.29, 1.82) is 0 Å². The van der Waals surface area contributed by atoms with Crippen molar-refractivity contribution in [3.8, 4) is 5.75 Å². The molecule has 0 amide bonds. The molecule has 0 saturated heterocycles. The SMILES string of the molecule is CCCOc1cncc(C(=O)CCOCC)c1. The second kappa shape index (κ2) is 7.79. The number of aromatic nitrogens is 1. The molecule has 0 saturated carbocycles. The summed E-state index contributed by atoms with van der Waals surface area (Å²) in [6, 6.07) is 1.73. The summed E-state index contributed by atoms with van der Waals surface area (Å²) in [6.45, 7) is 5.66. The molecular formula is C13H19NO3. The third kappa shape index (κ3) is 4.95. The first-order valence-electron chi connectivity index (χ1n) is 5.96. The largest absolute Gasteiger partial charge is 0.492 e. The molecule has 0 atom stereocenters. The topological polar surface area (TPSA) is 48.4 Å². The van der Waals surface area contributed by atoms with E-state index in [0.717, 1.165) is 6.42 Å². The van der Waals surface area contributed by atoms with Crippen molar-refractivity contribution < 1.29 is 14.3 Å². The monoisotopic (exact) mass is 237 g/mol. The van der Waals surface area contributed by atoms with E-state index in [4.69, 9.17) is 9.47 Å². The van der Waals surface area contributed by atoms with E-state index < -0.39 is 0 Å². The molecule has 0 bridgehead atoms. The third-order valence-corrected chi connectivity index (χ3v) is 2.19. The quantitative estimate of drug-likeness (QED) is 0.515. The molecule has 0 N–H and O–H groups in total. The molecule has 0 unspecified atom stereocenters. The molecule has 0 spiro atoms. The molecule has 0 radical (unpaired) electrons. The van der Waals surface area contributed by atoms with Crippen LogP contribution in [0.5, 0.6) is 5.75 Å². The normalized spacial score (nSPS) is 10.2. The molecular weight excluding hydrogens is 218 g/mol. The van der Waals surface area contributed by atoms with E-state index in [1.54, 1.807) is 18.5 Å². The molecule has 94 valence electrons. The van der Waals surface area contributed by atoms with Gasteiger partial charge in [0.1, 0.15) is 5.75 Å². The number of ether oxygens (including phenoxy) is 2. The summed E-state index contributed by atoms with van der Waals surface area (Å²) >= 11 is 0. The summed E-state index contributed by atoms with van der Waals surface area (Å²) in [4.78, 5) is 15.8. The molecule has 0 aliphatic heterocycles. The minimum atomic E-state index is 0.0351. The van der Waals surface area contributed by atoms with E-state index in [9.17, 15) is 4.79 Å². The summed E-state index contributed by atoms with van der Waals surface area (Å²) in [7, 11) is 0. The summed E-state index contributed by atoms with van der Waals surface area (Å²) in [5.74, 6) is 0.682. The van der Waals surface area contributed by atoms with E-state index in [0.29, 0.717) is 37.6 Å². The van der Waals surface area contributed by atoms with Crippen LogP contribution in [0.2, 0.25) is 0 Å². The first-order valence-corrected chi connectivity index (χ1v) is 5.96. The van der Waals surface area contributed by atoms with Crippen LogP contribution >= 0.6 is 0 Å². The molecule has 0 aliphatic rings. The Morgan fingerprint density at radius 1 is 1.29 bits per heavy atom. The molecule has 4 nitrogen and oxygen atoms in total. The van der Waals surface area contributed by atoms with Gasteiger partial charge in [-0.05, 0) is 19.4 Å². The average Bonchev–Trinajstić information content (AvgIpc) is 2.37. The van der Waals surface area contributed by atoms with Crippen LogP contribution < -0.4 is 4.74 Å². The van der Waals surface area contributed by atoms with Gasteiger partial charge in [-0.3, -0.25) is 9.78 Å². The van der Waals surface area contributed by atoms with E-state index in [1.807, 2.05) is 13.8 Å². The number of rotatable bonds is 8. The standard InChI is InChI=1S/C13H19NO3/c1-3-6-17-12-8-11(9-14-10-12)13(15)5-7-16-4-2/h8-10H,3-7H2,1-2H3. The van der Waals surface area contributed by atoms with Crippen molar-refractivity contribution in [2.45, 2.75) is 26.7 Å². The van der Waals surface area contributed by atoms with E-state index in [-0.39, 0.29) is 5.78 Å². The Morgan fingerprint density at radius 3 is 2.82 bits per heavy atom. The second-order valence-electron chi connectivity index (χ2n) is 3.63. The van der Waals surface area contributed by atoms with Gasteiger partial charge in [-0.25, -0.2) is 0 Å². The average molecular weight is 237 g/mol. The number of ketones is 1. The predicted molar refractivity (Wildman–Crippen MR) is 65.5 cm³/mol. The van der Waals surface area contributed by atoms with Gasteiger partial charge in [0.05, 0.1) is 19.4 Å². The van der Waals surface area contributed by atoms with Crippen LogP contribution in [0.15, 0.2) is 18.5 Å². The summed E-state index contributed by atoms with van der Waals surface area (Å²) in [6.07, 6.45) is 4.50. The number of carbonyl (C=O) groups excluding carboxylic acids is 1. The maximum absolute atomic E-state index is 11.8. The highest BCUT2D eigenvalue weighted by atomic mass is 16.5. The number of pyridine rings is 1. The van der Waals surface area contributed by atoms with Crippen LogP contribution in [0.3, 0.4) is 0 Å². The van der Waals surface area contributed by atoms with Gasteiger partial charge in [-0.15, -0.1) is 0 Å². The molecule has 1 rings (SSSR count). The highest BCUT2D eigenvalue weighted by Crippen LogP contribution is 2.13. The molecule has 1 aromatic rings. The third-order valence-electron chi connectivity index (χ3n) is 2.19. The fourth-order valence-corrected chi connectivity index (χ4v) is 1.32. The van der Waals surface area contributed by atoms with E-state index in [2.05, 4.69) is 4.98 Å². The molecule has 0 aliphatic carbocycles. The fraction of sp³-hybridized carbons (Fsp3) is 0.538. The lowest BCUT2D eigenvalue weighted by Crippen LogP contribution is -2.06. The van der Waals surface area contributed by atoms with Crippen LogP contribution in [0.25, 0.3) is 0 Å². The number of carbonyl (C=O) groups is 1. The van der Waals surface area contributed by atoms with Crippen molar-refractivity contribution in [2.24, 2.45) is 0 Å². The molecule has 1 aromatic heterocycles. The summed E-state index contributed by atoms with van der Waals surface area (Å²) in [5.41, 5.74) is 0.582. The molecule has 1 heterocycles. The Bertz CT molecular complexity index is 352. The Labute approximate surface area is 102 Å². The van der Waals surface area contributed by atoms with E-state index in [1.165, 1.54) is 0 Å². The number of nitrogens with zero attached hydrogens (tertiary/aromatic N) is 1. The van der Waals surface area contributed by atoms with Gasteiger partial charge in [0.15, 0.2) is 5.78 Å². The Morgan fingerprint density at radius 2 is 2.12 bits per heavy atom. The Kier molecular flexibility index (Phi) is 6.25. The van der Waals surface area contributed by atoms with E-state index >= 15 is 0 Å². The molecule has 0 aromatic carbocycles. The van der Waals surface area contributed by atoms with Gasteiger partial charge in [-0.1, -0.05) is 6.92 Å². The molecule has 0 fully saturated rings. The minimum absolute atomic E-state index is 0.0351. The minimum Gasteiger partial charge on any atom is -0.492 e. The maximum atomic E-state index is 11.8. The predicted octanol–water partition coefficient (Wildman–Crippen LogP) is 2.48. The van der Waals surface area contributed by atoms with Gasteiger partial charge in [0.25, 0.3) is 0 Å². The van der Waals surface area contributed by atoms with Crippen LogP contribution in [-0.2, 0) is 4.74 Å². The Balaban J connectivity index is 2.54. The highest BCUT2D eigenvalue weighted by Gasteiger charge is 2.07. The number of Topliss-reactive ketones (excluding diaryl/α,β-unsaturated/α-hetero) is 1. The lowest BCUT2D eigenvalue weighted by molar-refractivity contribution is 0.0895. The van der Waals surface area contributed by atoms with Crippen LogP contribution in [0, 0.1) is 0 Å². The summed E-state index contributed by atoms with van der Waals surface area (Å²) in [5, 5.41) is 0. The zero-order chi connectivity index (χ0) is 12.5. The first-order chi connectivity index (χ1) is 8.27. The van der Waals surface area contributed by atoms with Crippen LogP contribution in [0.4, 0.5) is 0 Å². The van der Waals surface area contributed by atoms with Gasteiger partial charge < -0.3 is 9.47 Å². The van der Waals surface area contributed by atoms with Crippen LogP contribution in [0.1, 0.15) is 37.0 Å². The lowest BCUT2D eigenvalue weighted by Gasteiger charge is -2.06. The van der Waals surface area contributed by atoms with Crippen molar-refractivity contribution in [1.82, 2.24) is 4.98 Å². The van der Waals surface area contributed by atoms with Gasteiger partial charge in [0.2, 0.25) is 0 Å². The van der Waals surface area contributed by atoms with Crippen molar-refractivity contribution >= 4 is 5.78 Å². The number of hydrogen-bond donors (Lipinski definition) is 0. The maximum Gasteiger partial charge on any atom is 0.166 e. The van der Waals surface area contributed by atoms with Gasteiger partial charge in [0, 0.05) is 24.8 Å². The van der Waals surface area contributed by atoms with Crippen molar-refractivity contribution in [3.05, 3.63) is 24.0 Å². The lowest BCUT2D eigenvalue weighted by atomic mass is 10.1. The number of hydrogen-bond acceptors (Lipinski definition) is 4. The highest BCUT2D eigenvalue weighted by molar-refractivity contribution is 5.96. The first kappa shape index (κ1) is 13.6.